The van der Waals surface area contributed by atoms with Crippen molar-refractivity contribution in [2.75, 3.05) is 13.1 Å². The lowest BCUT2D eigenvalue weighted by Gasteiger charge is -2.27. The number of amides is 1. The average Bonchev–Trinajstić information content (AvgIpc) is 2.28. The third kappa shape index (κ3) is 3.36. The minimum Gasteiger partial charge on any atom is -0.449 e. The Labute approximate surface area is 96.3 Å². The Morgan fingerprint density at radius 1 is 1.44 bits per heavy atom. The molecule has 90 valence electrons. The van der Waals surface area contributed by atoms with Crippen LogP contribution in [0.5, 0.6) is 0 Å². The maximum atomic E-state index is 12.0. The highest BCUT2D eigenvalue weighted by Crippen LogP contribution is 2.11. The highest BCUT2D eigenvalue weighted by Gasteiger charge is 2.27. The Bertz CT molecular complexity index is 280. The molecule has 1 atom stereocenters. The van der Waals surface area contributed by atoms with Gasteiger partial charge in [0, 0.05) is 25.6 Å². The molecule has 0 radical (unpaired) electrons. The van der Waals surface area contributed by atoms with Gasteiger partial charge in [-0.05, 0) is 12.8 Å². The number of hydrogen-bond donors (Lipinski definition) is 0. The van der Waals surface area contributed by atoms with E-state index in [-0.39, 0.29) is 5.91 Å². The van der Waals surface area contributed by atoms with E-state index < -0.39 is 12.1 Å². The first-order valence-corrected chi connectivity index (χ1v) is 5.85. The Morgan fingerprint density at radius 3 is 2.56 bits per heavy atom. The van der Waals surface area contributed by atoms with Crippen LogP contribution < -0.4 is 0 Å². The molecule has 0 spiro atoms. The molecule has 0 saturated carbocycles. The highest BCUT2D eigenvalue weighted by atomic mass is 16.5. The van der Waals surface area contributed by atoms with E-state index in [9.17, 15) is 9.59 Å². The van der Waals surface area contributed by atoms with Gasteiger partial charge in [0.05, 0.1) is 0 Å². The van der Waals surface area contributed by atoms with Gasteiger partial charge < -0.3 is 9.64 Å². The second kappa shape index (κ2) is 6.30. The summed E-state index contributed by atoms with van der Waals surface area (Å²) in [5, 5.41) is 0. The van der Waals surface area contributed by atoms with Crippen molar-refractivity contribution in [1.29, 1.82) is 0 Å². The number of esters is 1. The number of cyclic esters (lactones) is 1. The van der Waals surface area contributed by atoms with Crippen LogP contribution in [-0.4, -0.2) is 36.0 Å². The molecule has 1 aliphatic rings. The van der Waals surface area contributed by atoms with Crippen LogP contribution in [0, 0.1) is 0 Å². The van der Waals surface area contributed by atoms with Crippen molar-refractivity contribution < 1.29 is 14.3 Å². The van der Waals surface area contributed by atoms with E-state index in [2.05, 4.69) is 0 Å². The zero-order chi connectivity index (χ0) is 12.0. The molecule has 0 bridgehead atoms. The van der Waals surface area contributed by atoms with E-state index in [1.807, 2.05) is 13.8 Å². The first kappa shape index (κ1) is 12.7. The number of nitrogens with zero attached hydrogens (tertiary/aromatic N) is 1. The molecule has 16 heavy (non-hydrogen) atoms. The van der Waals surface area contributed by atoms with E-state index in [1.54, 1.807) is 11.0 Å². The van der Waals surface area contributed by atoms with Crippen LogP contribution in [0.25, 0.3) is 0 Å². The fraction of sp³-hybridized carbons (Fsp3) is 0.667. The van der Waals surface area contributed by atoms with E-state index in [1.165, 1.54) is 6.08 Å². The molecule has 0 saturated heterocycles. The van der Waals surface area contributed by atoms with Crippen LogP contribution >= 0.6 is 0 Å². The molecular weight excluding hydrogens is 206 g/mol. The lowest BCUT2D eigenvalue weighted by molar-refractivity contribution is -0.157. The van der Waals surface area contributed by atoms with Crippen LogP contribution in [-0.2, 0) is 14.3 Å². The fourth-order valence-corrected chi connectivity index (χ4v) is 1.74. The monoisotopic (exact) mass is 225 g/mol. The Kier molecular flexibility index (Phi) is 5.02. The summed E-state index contributed by atoms with van der Waals surface area (Å²) in [5.41, 5.74) is 0. The normalized spacial score (nSPS) is 19.4. The van der Waals surface area contributed by atoms with Gasteiger partial charge in [0.25, 0.3) is 5.91 Å². The van der Waals surface area contributed by atoms with Gasteiger partial charge in [0.2, 0.25) is 0 Å². The van der Waals surface area contributed by atoms with Gasteiger partial charge >= 0.3 is 5.97 Å². The topological polar surface area (TPSA) is 46.6 Å². The highest BCUT2D eigenvalue weighted by molar-refractivity contribution is 5.89. The Morgan fingerprint density at radius 2 is 2.06 bits per heavy atom. The number of rotatable bonds is 5. The van der Waals surface area contributed by atoms with E-state index in [0.29, 0.717) is 6.42 Å². The smallest absolute Gasteiger partial charge is 0.331 e. The van der Waals surface area contributed by atoms with Crippen LogP contribution in [0.15, 0.2) is 12.2 Å². The molecular formula is C12H19NO3. The van der Waals surface area contributed by atoms with Gasteiger partial charge in [0.15, 0.2) is 6.10 Å². The SMILES string of the molecule is CCCN(CCC)C(=O)C1CC=CC(=O)O1. The summed E-state index contributed by atoms with van der Waals surface area (Å²) < 4.78 is 5.00. The minimum atomic E-state index is -0.615. The zero-order valence-electron chi connectivity index (χ0n) is 9.94. The van der Waals surface area contributed by atoms with Gasteiger partial charge in [0.1, 0.15) is 0 Å². The molecule has 1 unspecified atom stereocenters. The van der Waals surface area contributed by atoms with Crippen LogP contribution in [0.1, 0.15) is 33.1 Å². The standard InChI is InChI=1S/C12H19NO3/c1-3-8-13(9-4-2)12(15)10-6-5-7-11(14)16-10/h5,7,10H,3-4,6,8-9H2,1-2H3. The lowest BCUT2D eigenvalue weighted by atomic mass is 10.1. The first-order chi connectivity index (χ1) is 7.69. The second-order valence-electron chi connectivity index (χ2n) is 3.89. The maximum Gasteiger partial charge on any atom is 0.331 e. The summed E-state index contributed by atoms with van der Waals surface area (Å²) in [6.45, 7) is 5.51. The van der Waals surface area contributed by atoms with Crippen molar-refractivity contribution in [3.63, 3.8) is 0 Å². The molecule has 1 rings (SSSR count). The Balaban J connectivity index is 2.59. The second-order valence-corrected chi connectivity index (χ2v) is 3.89. The minimum absolute atomic E-state index is 0.0681. The molecule has 1 heterocycles. The van der Waals surface area contributed by atoms with Crippen molar-refractivity contribution in [3.8, 4) is 0 Å². The molecule has 0 N–H and O–H groups in total. The quantitative estimate of drug-likeness (QED) is 0.666. The number of ether oxygens (including phenoxy) is 1. The van der Waals surface area contributed by atoms with Crippen molar-refractivity contribution in [2.24, 2.45) is 0 Å². The van der Waals surface area contributed by atoms with Crippen molar-refractivity contribution in [1.82, 2.24) is 4.90 Å². The van der Waals surface area contributed by atoms with Crippen LogP contribution in [0.2, 0.25) is 0 Å². The van der Waals surface area contributed by atoms with Gasteiger partial charge in [-0.2, -0.15) is 0 Å². The molecule has 4 nitrogen and oxygen atoms in total. The van der Waals surface area contributed by atoms with E-state index >= 15 is 0 Å². The summed E-state index contributed by atoms with van der Waals surface area (Å²) in [4.78, 5) is 24.8. The third-order valence-corrected chi connectivity index (χ3v) is 2.44. The molecule has 0 fully saturated rings. The summed E-state index contributed by atoms with van der Waals surface area (Å²) >= 11 is 0. The molecule has 1 amide bonds. The number of carbonyl (C=O) groups excluding carboxylic acids is 2. The van der Waals surface area contributed by atoms with E-state index in [0.717, 1.165) is 25.9 Å². The Hall–Kier alpha value is -1.32. The zero-order valence-corrected chi connectivity index (χ0v) is 9.94. The molecule has 0 aromatic heterocycles. The fourth-order valence-electron chi connectivity index (χ4n) is 1.74. The molecule has 0 aliphatic carbocycles. The van der Waals surface area contributed by atoms with E-state index in [4.69, 9.17) is 4.74 Å². The maximum absolute atomic E-state index is 12.0. The van der Waals surface area contributed by atoms with Crippen molar-refractivity contribution in [2.45, 2.75) is 39.2 Å². The predicted molar refractivity (Wildman–Crippen MR) is 60.8 cm³/mol. The average molecular weight is 225 g/mol. The summed E-state index contributed by atoms with van der Waals surface area (Å²) in [6, 6.07) is 0. The van der Waals surface area contributed by atoms with Gasteiger partial charge in [-0.25, -0.2) is 4.79 Å². The van der Waals surface area contributed by atoms with Crippen LogP contribution in [0.3, 0.4) is 0 Å². The summed E-state index contributed by atoms with van der Waals surface area (Å²) in [7, 11) is 0. The van der Waals surface area contributed by atoms with Gasteiger partial charge in [-0.3, -0.25) is 4.79 Å². The van der Waals surface area contributed by atoms with Crippen molar-refractivity contribution in [3.05, 3.63) is 12.2 Å². The molecule has 0 aromatic rings. The molecule has 1 aliphatic heterocycles. The molecule has 4 heteroatoms. The summed E-state index contributed by atoms with van der Waals surface area (Å²) in [5.74, 6) is -0.487. The first-order valence-electron chi connectivity index (χ1n) is 5.85. The summed E-state index contributed by atoms with van der Waals surface area (Å²) in [6.07, 6.45) is 4.78. The largest absolute Gasteiger partial charge is 0.449 e. The van der Waals surface area contributed by atoms with Crippen LogP contribution in [0.4, 0.5) is 0 Å². The van der Waals surface area contributed by atoms with Crippen molar-refractivity contribution >= 4 is 11.9 Å². The van der Waals surface area contributed by atoms with Gasteiger partial charge in [-0.1, -0.05) is 19.9 Å². The number of carbonyl (C=O) groups is 2. The molecule has 0 aromatic carbocycles. The number of hydrogen-bond acceptors (Lipinski definition) is 3. The third-order valence-electron chi connectivity index (χ3n) is 2.44. The van der Waals surface area contributed by atoms with Gasteiger partial charge in [-0.15, -0.1) is 0 Å². The lowest BCUT2D eigenvalue weighted by Crippen LogP contribution is -2.42. The predicted octanol–water partition coefficient (Wildman–Crippen LogP) is 1.51.